The molecule has 2 heterocycles. The largest absolute Gasteiger partial charge is 0.497 e. The first-order valence-corrected chi connectivity index (χ1v) is 10.1. The highest BCUT2D eigenvalue weighted by atomic mass is 16.5. The average Bonchev–Trinajstić information content (AvgIpc) is 3.31. The Morgan fingerprint density at radius 2 is 1.87 bits per heavy atom. The first-order chi connectivity index (χ1) is 15.1. The van der Waals surface area contributed by atoms with Crippen molar-refractivity contribution in [2.75, 3.05) is 65.5 Å². The number of hydrogen-bond donors (Lipinski definition) is 1. The third-order valence-corrected chi connectivity index (χ3v) is 4.93. The van der Waals surface area contributed by atoms with E-state index in [1.54, 1.807) is 18.2 Å². The third-order valence-electron chi connectivity index (χ3n) is 4.93. The van der Waals surface area contributed by atoms with E-state index in [0.29, 0.717) is 42.6 Å². The summed E-state index contributed by atoms with van der Waals surface area (Å²) in [5, 5.41) is 6.30. The van der Waals surface area contributed by atoms with Crippen LogP contribution in [0.1, 0.15) is 16.8 Å². The lowest BCUT2D eigenvalue weighted by molar-refractivity contribution is -0.117. The van der Waals surface area contributed by atoms with E-state index in [1.165, 1.54) is 31.4 Å². The summed E-state index contributed by atoms with van der Waals surface area (Å²) in [5.74, 6) is 0.665. The number of ether oxygens (including phenoxy) is 3. The topological polar surface area (TPSA) is 106 Å². The minimum Gasteiger partial charge on any atom is -0.497 e. The quantitative estimate of drug-likeness (QED) is 0.602. The van der Waals surface area contributed by atoms with Crippen molar-refractivity contribution in [3.63, 3.8) is 0 Å². The number of nitrogens with zero attached hydrogens (tertiary/aromatic N) is 3. The summed E-state index contributed by atoms with van der Waals surface area (Å²) < 4.78 is 20.6. The Hall–Kier alpha value is -3.11. The number of methoxy groups -OCH3 is 2. The van der Waals surface area contributed by atoms with Crippen molar-refractivity contribution in [3.8, 4) is 11.5 Å². The molecule has 2 aromatic rings. The molecule has 0 spiro atoms. The van der Waals surface area contributed by atoms with Gasteiger partial charge in [0.05, 0.1) is 27.4 Å². The van der Waals surface area contributed by atoms with Crippen molar-refractivity contribution in [1.82, 2.24) is 15.0 Å². The highest BCUT2D eigenvalue weighted by molar-refractivity contribution is 5.99. The Balaban J connectivity index is 1.70. The molecular weight excluding hydrogens is 404 g/mol. The summed E-state index contributed by atoms with van der Waals surface area (Å²) in [5.41, 5.74) is 0.386. The van der Waals surface area contributed by atoms with Crippen LogP contribution in [0.3, 0.4) is 0 Å². The van der Waals surface area contributed by atoms with Gasteiger partial charge in [0.15, 0.2) is 5.82 Å². The van der Waals surface area contributed by atoms with Gasteiger partial charge in [-0.3, -0.25) is 14.5 Å². The average molecular weight is 432 g/mol. The number of amides is 2. The number of anilines is 1. The van der Waals surface area contributed by atoms with E-state index in [4.69, 9.17) is 18.7 Å². The smallest absolute Gasteiger partial charge is 0.254 e. The van der Waals surface area contributed by atoms with Crippen LogP contribution in [-0.4, -0.2) is 86.9 Å². The van der Waals surface area contributed by atoms with E-state index in [9.17, 15) is 9.59 Å². The molecule has 168 valence electrons. The lowest BCUT2D eigenvalue weighted by Crippen LogP contribution is -2.41. The van der Waals surface area contributed by atoms with Gasteiger partial charge >= 0.3 is 0 Å². The molecular formula is C21H28N4O6. The molecule has 3 rings (SSSR count). The summed E-state index contributed by atoms with van der Waals surface area (Å²) in [7, 11) is 3.04. The Labute approximate surface area is 181 Å². The Morgan fingerprint density at radius 3 is 2.48 bits per heavy atom. The molecule has 1 aliphatic heterocycles. The van der Waals surface area contributed by atoms with Crippen molar-refractivity contribution in [2.24, 2.45) is 0 Å². The fourth-order valence-corrected chi connectivity index (χ4v) is 3.31. The molecule has 0 unspecified atom stereocenters. The maximum atomic E-state index is 13.3. The zero-order valence-electron chi connectivity index (χ0n) is 17.8. The zero-order valence-corrected chi connectivity index (χ0v) is 17.8. The molecule has 0 bridgehead atoms. The lowest BCUT2D eigenvalue weighted by atomic mass is 10.1. The Morgan fingerprint density at radius 1 is 1.16 bits per heavy atom. The monoisotopic (exact) mass is 432 g/mol. The van der Waals surface area contributed by atoms with E-state index >= 15 is 0 Å². The van der Waals surface area contributed by atoms with E-state index in [0.717, 1.165) is 26.1 Å². The highest BCUT2D eigenvalue weighted by Gasteiger charge is 2.21. The van der Waals surface area contributed by atoms with Gasteiger partial charge < -0.3 is 29.0 Å². The maximum Gasteiger partial charge on any atom is 0.254 e. The number of hydrogen-bond acceptors (Lipinski definition) is 8. The van der Waals surface area contributed by atoms with Crippen LogP contribution in [-0.2, 0) is 9.53 Å². The molecule has 0 aliphatic carbocycles. The minimum atomic E-state index is -0.358. The number of rotatable bonds is 10. The fraction of sp³-hybridized carbons (Fsp3) is 0.476. The first kappa shape index (κ1) is 22.6. The van der Waals surface area contributed by atoms with Gasteiger partial charge in [-0.05, 0) is 18.6 Å². The molecule has 1 saturated heterocycles. The summed E-state index contributed by atoms with van der Waals surface area (Å²) in [4.78, 5) is 29.6. The Bertz CT molecular complexity index is 829. The number of carbonyl (C=O) groups is 2. The number of benzene rings is 1. The van der Waals surface area contributed by atoms with Gasteiger partial charge in [-0.1, -0.05) is 5.16 Å². The molecule has 1 fully saturated rings. The minimum absolute atomic E-state index is 0.117. The van der Waals surface area contributed by atoms with E-state index in [1.807, 2.05) is 0 Å². The van der Waals surface area contributed by atoms with Gasteiger partial charge in [0.1, 0.15) is 24.3 Å². The SMILES string of the molecule is COc1cc(OC)cc(C(=O)N(CCCN2CCOCC2)CC(=O)Nc2ccon2)c1. The highest BCUT2D eigenvalue weighted by Crippen LogP contribution is 2.23. The van der Waals surface area contributed by atoms with Crippen LogP contribution < -0.4 is 14.8 Å². The fourth-order valence-electron chi connectivity index (χ4n) is 3.31. The summed E-state index contributed by atoms with van der Waals surface area (Å²) in [6, 6.07) is 6.50. The van der Waals surface area contributed by atoms with E-state index in [2.05, 4.69) is 15.4 Å². The van der Waals surface area contributed by atoms with Crippen LogP contribution in [0.4, 0.5) is 5.82 Å². The normalized spacial score (nSPS) is 14.1. The number of carbonyl (C=O) groups excluding carboxylic acids is 2. The lowest BCUT2D eigenvalue weighted by Gasteiger charge is -2.28. The van der Waals surface area contributed by atoms with Gasteiger partial charge in [-0.2, -0.15) is 0 Å². The molecule has 1 aromatic carbocycles. The van der Waals surface area contributed by atoms with Crippen LogP contribution in [0, 0.1) is 0 Å². The molecule has 2 amide bonds. The van der Waals surface area contributed by atoms with Crippen LogP contribution >= 0.6 is 0 Å². The number of aromatic nitrogens is 1. The van der Waals surface area contributed by atoms with Gasteiger partial charge in [-0.25, -0.2) is 0 Å². The molecule has 10 heteroatoms. The predicted molar refractivity (Wildman–Crippen MR) is 112 cm³/mol. The predicted octanol–water partition coefficient (Wildman–Crippen LogP) is 1.49. The molecule has 0 radical (unpaired) electrons. The van der Waals surface area contributed by atoms with Crippen molar-refractivity contribution in [3.05, 3.63) is 36.1 Å². The standard InChI is InChI=1S/C21H28N4O6/c1-28-17-12-16(13-18(14-17)29-2)21(27)25(6-3-5-24-7-10-30-11-8-24)15-20(26)22-19-4-9-31-23-19/h4,9,12-14H,3,5-8,10-11,15H2,1-2H3,(H,22,23,26). The maximum absolute atomic E-state index is 13.3. The van der Waals surface area contributed by atoms with Crippen LogP contribution in [0.2, 0.25) is 0 Å². The van der Waals surface area contributed by atoms with Crippen molar-refractivity contribution in [2.45, 2.75) is 6.42 Å². The molecule has 1 aromatic heterocycles. The second-order valence-corrected chi connectivity index (χ2v) is 7.07. The first-order valence-electron chi connectivity index (χ1n) is 10.1. The van der Waals surface area contributed by atoms with Crippen molar-refractivity contribution < 1.29 is 28.3 Å². The Kier molecular flexibility index (Phi) is 8.25. The molecule has 1 N–H and O–H groups in total. The number of nitrogens with one attached hydrogen (secondary N) is 1. The molecule has 31 heavy (non-hydrogen) atoms. The van der Waals surface area contributed by atoms with Crippen LogP contribution in [0.15, 0.2) is 35.1 Å². The second kappa shape index (κ2) is 11.3. The molecule has 0 saturated carbocycles. The van der Waals surface area contributed by atoms with E-state index < -0.39 is 0 Å². The van der Waals surface area contributed by atoms with Crippen LogP contribution in [0.5, 0.6) is 11.5 Å². The molecule has 1 aliphatic rings. The summed E-state index contributed by atoms with van der Waals surface area (Å²) in [6.45, 7) is 4.29. The van der Waals surface area contributed by atoms with Gasteiger partial charge in [0, 0.05) is 43.9 Å². The van der Waals surface area contributed by atoms with Gasteiger partial charge in [-0.15, -0.1) is 0 Å². The summed E-state index contributed by atoms with van der Waals surface area (Å²) >= 11 is 0. The van der Waals surface area contributed by atoms with Crippen molar-refractivity contribution in [1.29, 1.82) is 0 Å². The van der Waals surface area contributed by atoms with Crippen LogP contribution in [0.25, 0.3) is 0 Å². The van der Waals surface area contributed by atoms with E-state index in [-0.39, 0.29) is 18.4 Å². The van der Waals surface area contributed by atoms with Gasteiger partial charge in [0.2, 0.25) is 5.91 Å². The van der Waals surface area contributed by atoms with Crippen molar-refractivity contribution >= 4 is 17.6 Å². The number of morpholine rings is 1. The summed E-state index contributed by atoms with van der Waals surface area (Å²) in [6.07, 6.45) is 2.09. The molecule has 10 nitrogen and oxygen atoms in total. The van der Waals surface area contributed by atoms with Gasteiger partial charge in [0.25, 0.3) is 5.91 Å². The molecule has 0 atom stereocenters. The second-order valence-electron chi connectivity index (χ2n) is 7.07. The third kappa shape index (κ3) is 6.69. The zero-order chi connectivity index (χ0) is 22.1.